The maximum atomic E-state index is 12.0. The second-order valence-corrected chi connectivity index (χ2v) is 5.32. The number of aliphatic imine (C=N–C) groups is 1. The van der Waals surface area contributed by atoms with Crippen molar-refractivity contribution in [2.24, 2.45) is 4.99 Å². The topological polar surface area (TPSA) is 41.5 Å². The van der Waals surface area contributed by atoms with Crippen LogP contribution < -0.4 is 5.32 Å². The van der Waals surface area contributed by atoms with Crippen molar-refractivity contribution in [2.45, 2.75) is 25.8 Å². The maximum Gasteiger partial charge on any atom is 0.170 e. The van der Waals surface area contributed by atoms with Crippen LogP contribution in [0.5, 0.6) is 0 Å². The Hall–Kier alpha value is -1.35. The van der Waals surface area contributed by atoms with Crippen molar-refractivity contribution in [3.63, 3.8) is 0 Å². The molecule has 0 radical (unpaired) electrons. The first kappa shape index (κ1) is 12.1. The van der Waals surface area contributed by atoms with Gasteiger partial charge in [-0.3, -0.25) is 9.79 Å². The Morgan fingerprint density at radius 2 is 2.06 bits per heavy atom. The summed E-state index contributed by atoms with van der Waals surface area (Å²) in [6, 6.07) is 6.93. The molecule has 0 fully saturated rings. The van der Waals surface area contributed by atoms with Gasteiger partial charge in [-0.15, -0.1) is 0 Å². The molecule has 0 saturated carbocycles. The third kappa shape index (κ3) is 3.07. The van der Waals surface area contributed by atoms with Crippen molar-refractivity contribution in [3.8, 4) is 0 Å². The molecule has 90 valence electrons. The van der Waals surface area contributed by atoms with Gasteiger partial charge in [0.25, 0.3) is 0 Å². The Balaban J connectivity index is 2.01. The summed E-state index contributed by atoms with van der Waals surface area (Å²) in [4.78, 5) is 16.3. The van der Waals surface area contributed by atoms with Crippen LogP contribution >= 0.6 is 11.6 Å². The van der Waals surface area contributed by atoms with Gasteiger partial charge in [0.1, 0.15) is 5.84 Å². The van der Waals surface area contributed by atoms with E-state index in [-0.39, 0.29) is 11.3 Å². The van der Waals surface area contributed by atoms with Crippen LogP contribution in [0.15, 0.2) is 29.3 Å². The minimum Gasteiger partial charge on any atom is -0.367 e. The molecule has 3 nitrogen and oxygen atoms in total. The van der Waals surface area contributed by atoms with Crippen molar-refractivity contribution in [3.05, 3.63) is 34.9 Å². The molecule has 1 aliphatic heterocycles. The van der Waals surface area contributed by atoms with Crippen LogP contribution in [0.3, 0.4) is 0 Å². The van der Waals surface area contributed by atoms with Gasteiger partial charge in [0.2, 0.25) is 0 Å². The summed E-state index contributed by atoms with van der Waals surface area (Å²) >= 11 is 5.78. The molecule has 0 saturated heterocycles. The Morgan fingerprint density at radius 1 is 1.41 bits per heavy atom. The van der Waals surface area contributed by atoms with E-state index in [1.165, 1.54) is 0 Å². The summed E-state index contributed by atoms with van der Waals surface area (Å²) in [7, 11) is 0. The van der Waals surface area contributed by atoms with Crippen LogP contribution in [0.25, 0.3) is 0 Å². The van der Waals surface area contributed by atoms with Crippen molar-refractivity contribution >= 4 is 23.2 Å². The highest BCUT2D eigenvalue weighted by Crippen LogP contribution is 2.14. The molecule has 0 amide bonds. The standard InChI is InChI=1S/C13H15ClN2O/c1-13(2)8-15-12(16-13)7-11(17)9-3-5-10(14)6-4-9/h3-6H,7-8H2,1-2H3,(H,15,16). The van der Waals surface area contributed by atoms with E-state index in [2.05, 4.69) is 24.2 Å². The SMILES string of the molecule is CC1(C)CN=C(CC(=O)c2ccc(Cl)cc2)N1. The molecule has 1 aliphatic rings. The number of nitrogens with one attached hydrogen (secondary N) is 1. The summed E-state index contributed by atoms with van der Waals surface area (Å²) in [5.41, 5.74) is 0.638. The van der Waals surface area contributed by atoms with Crippen LogP contribution in [0.1, 0.15) is 30.6 Å². The molecular formula is C13H15ClN2O. The first-order valence-corrected chi connectivity index (χ1v) is 5.94. The van der Waals surface area contributed by atoms with Gasteiger partial charge in [-0.05, 0) is 38.1 Å². The quantitative estimate of drug-likeness (QED) is 0.838. The number of Topliss-reactive ketones (excluding diaryl/α,β-unsaturated/α-hetero) is 1. The Labute approximate surface area is 106 Å². The molecule has 0 aromatic heterocycles. The second-order valence-electron chi connectivity index (χ2n) is 4.88. The van der Waals surface area contributed by atoms with E-state index in [1.54, 1.807) is 24.3 Å². The average Bonchev–Trinajstić information content (AvgIpc) is 2.59. The maximum absolute atomic E-state index is 12.0. The highest BCUT2D eigenvalue weighted by Gasteiger charge is 2.25. The molecule has 1 heterocycles. The smallest absolute Gasteiger partial charge is 0.170 e. The predicted octanol–water partition coefficient (Wildman–Crippen LogP) is 2.69. The number of carbonyl (C=O) groups is 1. The predicted molar refractivity (Wildman–Crippen MR) is 69.9 cm³/mol. The van der Waals surface area contributed by atoms with Gasteiger partial charge in [0.15, 0.2) is 5.78 Å². The lowest BCUT2D eigenvalue weighted by atomic mass is 10.1. The Kier molecular flexibility index (Phi) is 3.20. The summed E-state index contributed by atoms with van der Waals surface area (Å²) < 4.78 is 0. The van der Waals surface area contributed by atoms with Crippen LogP contribution in [-0.2, 0) is 0 Å². The molecule has 0 spiro atoms. The van der Waals surface area contributed by atoms with Gasteiger partial charge in [0, 0.05) is 10.6 Å². The minimum atomic E-state index is -0.0321. The fraction of sp³-hybridized carbons (Fsp3) is 0.385. The number of halogens is 1. The van der Waals surface area contributed by atoms with E-state index in [4.69, 9.17) is 11.6 Å². The number of ketones is 1. The van der Waals surface area contributed by atoms with Crippen molar-refractivity contribution in [1.82, 2.24) is 5.32 Å². The highest BCUT2D eigenvalue weighted by molar-refractivity contribution is 6.30. The third-order valence-electron chi connectivity index (χ3n) is 2.64. The lowest BCUT2D eigenvalue weighted by Gasteiger charge is -2.17. The Morgan fingerprint density at radius 3 is 2.59 bits per heavy atom. The van der Waals surface area contributed by atoms with Crippen LogP contribution in [0.2, 0.25) is 5.02 Å². The summed E-state index contributed by atoms with van der Waals surface area (Å²) in [6.45, 7) is 4.85. The fourth-order valence-corrected chi connectivity index (χ4v) is 1.88. The molecule has 0 aliphatic carbocycles. The van der Waals surface area contributed by atoms with E-state index >= 15 is 0 Å². The Bertz CT molecular complexity index is 463. The van der Waals surface area contributed by atoms with E-state index < -0.39 is 0 Å². The average molecular weight is 251 g/mol. The van der Waals surface area contributed by atoms with Crippen molar-refractivity contribution in [1.29, 1.82) is 0 Å². The lowest BCUT2D eigenvalue weighted by Crippen LogP contribution is -2.40. The first-order chi connectivity index (χ1) is 7.96. The lowest BCUT2D eigenvalue weighted by molar-refractivity contribution is 0.1000. The van der Waals surface area contributed by atoms with Crippen molar-refractivity contribution < 1.29 is 4.79 Å². The second kappa shape index (κ2) is 4.49. The van der Waals surface area contributed by atoms with E-state index in [0.717, 1.165) is 12.4 Å². The molecule has 1 aromatic carbocycles. The van der Waals surface area contributed by atoms with Gasteiger partial charge in [-0.2, -0.15) is 0 Å². The number of hydrogen-bond acceptors (Lipinski definition) is 3. The molecule has 4 heteroatoms. The van der Waals surface area contributed by atoms with E-state index in [9.17, 15) is 4.79 Å². The molecule has 0 unspecified atom stereocenters. The third-order valence-corrected chi connectivity index (χ3v) is 2.89. The molecule has 0 atom stereocenters. The number of amidine groups is 1. The van der Waals surface area contributed by atoms with Gasteiger partial charge in [-0.1, -0.05) is 11.6 Å². The number of benzene rings is 1. The van der Waals surface area contributed by atoms with E-state index in [1.807, 2.05) is 0 Å². The zero-order valence-electron chi connectivity index (χ0n) is 9.96. The van der Waals surface area contributed by atoms with Crippen LogP contribution in [0, 0.1) is 0 Å². The number of carbonyl (C=O) groups excluding carboxylic acids is 1. The molecule has 0 bridgehead atoms. The zero-order valence-corrected chi connectivity index (χ0v) is 10.7. The van der Waals surface area contributed by atoms with Crippen LogP contribution in [-0.4, -0.2) is 23.7 Å². The van der Waals surface area contributed by atoms with Gasteiger partial charge >= 0.3 is 0 Å². The highest BCUT2D eigenvalue weighted by atomic mass is 35.5. The number of nitrogens with zero attached hydrogens (tertiary/aromatic N) is 1. The van der Waals surface area contributed by atoms with Crippen LogP contribution in [0.4, 0.5) is 0 Å². The largest absolute Gasteiger partial charge is 0.367 e. The fourth-order valence-electron chi connectivity index (χ4n) is 1.75. The molecule has 1 N–H and O–H groups in total. The molecule has 1 aromatic rings. The van der Waals surface area contributed by atoms with Gasteiger partial charge < -0.3 is 5.32 Å². The number of rotatable bonds is 3. The molecule has 2 rings (SSSR count). The van der Waals surface area contributed by atoms with E-state index in [0.29, 0.717) is 17.0 Å². The number of hydrogen-bond donors (Lipinski definition) is 1. The normalized spacial score (nSPS) is 17.5. The molecule has 17 heavy (non-hydrogen) atoms. The summed E-state index contributed by atoms with van der Waals surface area (Å²) in [6.07, 6.45) is 0.324. The van der Waals surface area contributed by atoms with Gasteiger partial charge in [0.05, 0.1) is 18.5 Å². The minimum absolute atomic E-state index is 0.0321. The molecular weight excluding hydrogens is 236 g/mol. The summed E-state index contributed by atoms with van der Waals surface area (Å²) in [5, 5.41) is 3.88. The first-order valence-electron chi connectivity index (χ1n) is 5.56. The van der Waals surface area contributed by atoms with Crippen molar-refractivity contribution in [2.75, 3.05) is 6.54 Å². The monoisotopic (exact) mass is 250 g/mol. The summed E-state index contributed by atoms with van der Waals surface area (Å²) in [5.74, 6) is 0.834. The zero-order chi connectivity index (χ0) is 12.5. The van der Waals surface area contributed by atoms with Gasteiger partial charge in [-0.25, -0.2) is 0 Å².